The summed E-state index contributed by atoms with van der Waals surface area (Å²) in [5.41, 5.74) is 0. The summed E-state index contributed by atoms with van der Waals surface area (Å²) in [4.78, 5) is 17.2. The van der Waals surface area contributed by atoms with Gasteiger partial charge in [-0.25, -0.2) is 0 Å². The molecule has 1 unspecified atom stereocenters. The summed E-state index contributed by atoms with van der Waals surface area (Å²) in [5, 5.41) is 3.27. The van der Waals surface area contributed by atoms with Gasteiger partial charge < -0.3 is 15.1 Å². The van der Waals surface area contributed by atoms with Crippen molar-refractivity contribution in [1.29, 1.82) is 0 Å². The molecule has 0 spiro atoms. The molecule has 22 heavy (non-hydrogen) atoms. The largest absolute Gasteiger partial charge is 0.341 e. The Bertz CT molecular complexity index is 295. The summed E-state index contributed by atoms with van der Waals surface area (Å²) in [5.74, 6) is 1.57. The molecule has 1 saturated heterocycles. The van der Waals surface area contributed by atoms with Crippen molar-refractivity contribution in [2.45, 2.75) is 34.6 Å². The Kier molecular flexibility index (Phi) is 13.7. The summed E-state index contributed by atoms with van der Waals surface area (Å²) < 4.78 is 0. The molecule has 134 valence electrons. The number of hydrogen-bond donors (Lipinski definition) is 1. The minimum atomic E-state index is 0. The Morgan fingerprint density at radius 1 is 1.09 bits per heavy atom. The molecule has 1 heterocycles. The third kappa shape index (κ3) is 7.49. The second-order valence-electron chi connectivity index (χ2n) is 6.41. The van der Waals surface area contributed by atoms with Crippen LogP contribution in [-0.4, -0.2) is 61.5 Å². The maximum absolute atomic E-state index is 12.7. The van der Waals surface area contributed by atoms with Crippen LogP contribution in [0.1, 0.15) is 34.6 Å². The maximum Gasteiger partial charge on any atom is 0.225 e. The highest BCUT2D eigenvalue weighted by Crippen LogP contribution is 2.19. The van der Waals surface area contributed by atoms with Gasteiger partial charge in [-0.2, -0.15) is 0 Å². The number of carbonyl (C=O) groups excluding carboxylic acids is 1. The van der Waals surface area contributed by atoms with E-state index in [0.717, 1.165) is 45.8 Å². The number of hydrogen-bond acceptors (Lipinski definition) is 3. The van der Waals surface area contributed by atoms with Crippen molar-refractivity contribution in [3.8, 4) is 0 Å². The molecule has 0 aliphatic carbocycles. The van der Waals surface area contributed by atoms with Gasteiger partial charge in [-0.15, -0.1) is 24.8 Å². The van der Waals surface area contributed by atoms with E-state index in [0.29, 0.717) is 17.7 Å². The van der Waals surface area contributed by atoms with Crippen molar-refractivity contribution in [3.63, 3.8) is 0 Å². The lowest BCUT2D eigenvalue weighted by Crippen LogP contribution is -2.51. The van der Waals surface area contributed by atoms with E-state index in [1.807, 2.05) is 0 Å². The van der Waals surface area contributed by atoms with Crippen LogP contribution in [-0.2, 0) is 4.79 Å². The van der Waals surface area contributed by atoms with Gasteiger partial charge in [0.1, 0.15) is 0 Å². The Hall–Kier alpha value is -0.0300. The van der Waals surface area contributed by atoms with Crippen LogP contribution in [0.2, 0.25) is 0 Å². The first-order chi connectivity index (χ1) is 9.49. The van der Waals surface area contributed by atoms with Gasteiger partial charge in [-0.3, -0.25) is 4.79 Å². The summed E-state index contributed by atoms with van der Waals surface area (Å²) in [6, 6.07) is 0. The SMILES string of the molecule is CCN(CC)CCN(CC(C)C)C(=O)C(C)C1CNC1.Cl.Cl. The molecule has 6 heteroatoms. The maximum atomic E-state index is 12.7. The van der Waals surface area contributed by atoms with Crippen LogP contribution >= 0.6 is 24.8 Å². The quantitative estimate of drug-likeness (QED) is 0.690. The fraction of sp³-hybridized carbons (Fsp3) is 0.938. The summed E-state index contributed by atoms with van der Waals surface area (Å²) >= 11 is 0. The number of nitrogens with zero attached hydrogens (tertiary/aromatic N) is 2. The second kappa shape index (κ2) is 12.4. The molecule has 1 aliphatic heterocycles. The molecular weight excluding hydrogens is 321 g/mol. The number of amides is 1. The Morgan fingerprint density at radius 2 is 1.64 bits per heavy atom. The molecule has 0 radical (unpaired) electrons. The van der Waals surface area contributed by atoms with Gasteiger partial charge in [0.05, 0.1) is 0 Å². The standard InChI is InChI=1S/C16H33N3O.2ClH/c1-6-18(7-2)8-9-19(12-13(3)4)16(20)14(5)15-10-17-11-15;;/h13-15,17H,6-12H2,1-5H3;2*1H. The van der Waals surface area contributed by atoms with Crippen LogP contribution in [0.4, 0.5) is 0 Å². The van der Waals surface area contributed by atoms with Crippen molar-refractivity contribution < 1.29 is 4.79 Å². The molecule has 0 saturated carbocycles. The Labute approximate surface area is 149 Å². The topological polar surface area (TPSA) is 35.6 Å². The molecule has 4 nitrogen and oxygen atoms in total. The smallest absolute Gasteiger partial charge is 0.225 e. The fourth-order valence-electron chi connectivity index (χ4n) is 2.69. The summed E-state index contributed by atoms with van der Waals surface area (Å²) in [6.07, 6.45) is 0. The second-order valence-corrected chi connectivity index (χ2v) is 6.41. The highest BCUT2D eigenvalue weighted by Gasteiger charge is 2.31. The Balaban J connectivity index is 0. The zero-order chi connectivity index (χ0) is 15.1. The Morgan fingerprint density at radius 3 is 2.00 bits per heavy atom. The van der Waals surface area contributed by atoms with Gasteiger partial charge in [0.25, 0.3) is 0 Å². The lowest BCUT2D eigenvalue weighted by atomic mass is 9.87. The van der Waals surface area contributed by atoms with Crippen molar-refractivity contribution in [1.82, 2.24) is 15.1 Å². The van der Waals surface area contributed by atoms with E-state index in [9.17, 15) is 4.79 Å². The van der Waals surface area contributed by atoms with Crippen LogP contribution in [0.3, 0.4) is 0 Å². The van der Waals surface area contributed by atoms with Crippen LogP contribution in [0, 0.1) is 17.8 Å². The van der Waals surface area contributed by atoms with Crippen molar-refractivity contribution >= 4 is 30.7 Å². The third-order valence-corrected chi connectivity index (χ3v) is 4.39. The van der Waals surface area contributed by atoms with E-state index in [-0.39, 0.29) is 30.7 Å². The van der Waals surface area contributed by atoms with E-state index < -0.39 is 0 Å². The van der Waals surface area contributed by atoms with Gasteiger partial charge in [0.2, 0.25) is 5.91 Å². The van der Waals surface area contributed by atoms with Gasteiger partial charge >= 0.3 is 0 Å². The molecule has 1 N–H and O–H groups in total. The number of rotatable bonds is 9. The first-order valence-corrected chi connectivity index (χ1v) is 8.21. The first kappa shape index (κ1) is 24.2. The average Bonchev–Trinajstić information content (AvgIpc) is 2.35. The van der Waals surface area contributed by atoms with Gasteiger partial charge in [0.15, 0.2) is 0 Å². The molecule has 1 fully saturated rings. The molecular formula is C16H35Cl2N3O. The van der Waals surface area contributed by atoms with Crippen LogP contribution < -0.4 is 5.32 Å². The third-order valence-electron chi connectivity index (χ3n) is 4.39. The fourth-order valence-corrected chi connectivity index (χ4v) is 2.69. The molecule has 1 amide bonds. The number of carbonyl (C=O) groups is 1. The van der Waals surface area contributed by atoms with E-state index in [4.69, 9.17) is 0 Å². The molecule has 0 bridgehead atoms. The highest BCUT2D eigenvalue weighted by molar-refractivity contribution is 5.85. The lowest BCUT2D eigenvalue weighted by molar-refractivity contribution is -0.138. The predicted octanol–water partition coefficient (Wildman–Crippen LogP) is 2.51. The number of nitrogens with one attached hydrogen (secondary N) is 1. The van der Waals surface area contributed by atoms with E-state index in [1.165, 1.54) is 0 Å². The van der Waals surface area contributed by atoms with Gasteiger partial charge in [-0.1, -0.05) is 34.6 Å². The number of likely N-dealkylation sites (N-methyl/N-ethyl adjacent to an activating group) is 1. The zero-order valence-corrected chi connectivity index (χ0v) is 16.4. The summed E-state index contributed by atoms with van der Waals surface area (Å²) in [6.45, 7) is 17.7. The van der Waals surface area contributed by atoms with Crippen molar-refractivity contribution in [2.24, 2.45) is 17.8 Å². The molecule has 0 aromatic carbocycles. The van der Waals surface area contributed by atoms with Crippen molar-refractivity contribution in [2.75, 3.05) is 45.8 Å². The molecule has 0 aromatic rings. The van der Waals surface area contributed by atoms with Gasteiger partial charge in [-0.05, 0) is 38.0 Å². The average molecular weight is 356 g/mol. The zero-order valence-electron chi connectivity index (χ0n) is 14.8. The normalized spacial score (nSPS) is 15.8. The monoisotopic (exact) mass is 355 g/mol. The highest BCUT2D eigenvalue weighted by atomic mass is 35.5. The van der Waals surface area contributed by atoms with E-state index in [2.05, 4.69) is 49.7 Å². The predicted molar refractivity (Wildman–Crippen MR) is 99.2 cm³/mol. The number of halogens is 2. The van der Waals surface area contributed by atoms with E-state index >= 15 is 0 Å². The minimum absolute atomic E-state index is 0. The first-order valence-electron chi connectivity index (χ1n) is 8.21. The molecule has 1 aliphatic rings. The van der Waals surface area contributed by atoms with Gasteiger partial charge in [0, 0.05) is 25.6 Å². The molecule has 1 rings (SSSR count). The minimum Gasteiger partial charge on any atom is -0.341 e. The summed E-state index contributed by atoms with van der Waals surface area (Å²) in [7, 11) is 0. The molecule has 0 aromatic heterocycles. The lowest BCUT2D eigenvalue weighted by Gasteiger charge is -2.36. The van der Waals surface area contributed by atoms with Crippen LogP contribution in [0.15, 0.2) is 0 Å². The van der Waals surface area contributed by atoms with Crippen molar-refractivity contribution in [3.05, 3.63) is 0 Å². The van der Waals surface area contributed by atoms with Crippen LogP contribution in [0.5, 0.6) is 0 Å². The molecule has 1 atom stereocenters. The van der Waals surface area contributed by atoms with E-state index in [1.54, 1.807) is 0 Å². The van der Waals surface area contributed by atoms with Crippen LogP contribution in [0.25, 0.3) is 0 Å².